The quantitative estimate of drug-likeness (QED) is 0.299. The molecule has 0 amide bonds. The Hall–Kier alpha value is -4.30. The molecule has 6 rings (SSSR count). The first-order valence-corrected chi connectivity index (χ1v) is 10.9. The van der Waals surface area contributed by atoms with Crippen LogP contribution in [0.5, 0.6) is 0 Å². The molecular formula is C30H22N2. The van der Waals surface area contributed by atoms with Gasteiger partial charge >= 0.3 is 0 Å². The molecule has 5 aromatic carbocycles. The molecule has 2 heteroatoms. The summed E-state index contributed by atoms with van der Waals surface area (Å²) in [4.78, 5) is 0. The molecule has 0 N–H and O–H groups in total. The van der Waals surface area contributed by atoms with Crippen LogP contribution in [0.15, 0.2) is 134 Å². The maximum absolute atomic E-state index is 2.25. The molecule has 32 heavy (non-hydrogen) atoms. The maximum atomic E-state index is 2.25. The number of fused-ring (bicyclic) bond motifs is 2. The van der Waals surface area contributed by atoms with Gasteiger partial charge in [-0.15, -0.1) is 0 Å². The van der Waals surface area contributed by atoms with Crippen molar-refractivity contribution >= 4 is 38.5 Å². The molecule has 0 radical (unpaired) electrons. The van der Waals surface area contributed by atoms with E-state index >= 15 is 0 Å². The first kappa shape index (κ1) is 18.5. The van der Waals surface area contributed by atoms with Gasteiger partial charge in [0, 0.05) is 18.0 Å². The number of nitrogens with zero attached hydrogens (tertiary/aromatic N) is 2. The van der Waals surface area contributed by atoms with E-state index in [0.717, 1.165) is 11.4 Å². The van der Waals surface area contributed by atoms with Gasteiger partial charge in [0.1, 0.15) is 0 Å². The van der Waals surface area contributed by atoms with Gasteiger partial charge in [0.25, 0.3) is 0 Å². The van der Waals surface area contributed by atoms with Crippen LogP contribution >= 0.6 is 0 Å². The van der Waals surface area contributed by atoms with Crippen molar-refractivity contribution in [3.8, 4) is 0 Å². The summed E-state index contributed by atoms with van der Waals surface area (Å²) in [5, 5.41) is 9.40. The summed E-state index contributed by atoms with van der Waals surface area (Å²) in [6.45, 7) is 0. The molecule has 5 aromatic rings. The van der Waals surface area contributed by atoms with E-state index in [4.69, 9.17) is 0 Å². The number of benzene rings is 5. The van der Waals surface area contributed by atoms with Gasteiger partial charge in [0.05, 0.1) is 11.4 Å². The van der Waals surface area contributed by atoms with Gasteiger partial charge in [0.2, 0.25) is 0 Å². The van der Waals surface area contributed by atoms with Gasteiger partial charge < -0.3 is 0 Å². The Morgan fingerprint density at radius 2 is 0.969 bits per heavy atom. The lowest BCUT2D eigenvalue weighted by molar-refractivity contribution is 0.969. The van der Waals surface area contributed by atoms with Crippen LogP contribution in [0.3, 0.4) is 0 Å². The number of hydrogen-bond acceptors (Lipinski definition) is 2. The average Bonchev–Trinajstić information content (AvgIpc) is 2.88. The van der Waals surface area contributed by atoms with Crippen LogP contribution < -0.4 is 10.0 Å². The SMILES string of the molecule is C1=CN(c2ccc3ccccc3c2)N(c2ccc3ccccc3c2)C=C1c1ccccc1. The van der Waals surface area contributed by atoms with Gasteiger partial charge in [-0.25, -0.2) is 0 Å². The van der Waals surface area contributed by atoms with E-state index in [1.165, 1.54) is 32.7 Å². The molecule has 1 heterocycles. The third-order valence-electron chi connectivity index (χ3n) is 5.99. The Morgan fingerprint density at radius 1 is 0.438 bits per heavy atom. The van der Waals surface area contributed by atoms with Gasteiger partial charge in [-0.2, -0.15) is 0 Å². The Morgan fingerprint density at radius 3 is 1.59 bits per heavy atom. The average molecular weight is 411 g/mol. The number of allylic oxidation sites excluding steroid dienone is 2. The normalized spacial score (nSPS) is 13.6. The molecule has 0 atom stereocenters. The Labute approximate surface area is 187 Å². The molecule has 0 spiro atoms. The van der Waals surface area contributed by atoms with Crippen molar-refractivity contribution in [3.05, 3.63) is 139 Å². The van der Waals surface area contributed by atoms with Crippen molar-refractivity contribution in [3.63, 3.8) is 0 Å². The van der Waals surface area contributed by atoms with Crippen LogP contribution in [0.1, 0.15) is 5.56 Å². The first-order chi connectivity index (χ1) is 15.8. The van der Waals surface area contributed by atoms with Crippen molar-refractivity contribution in [1.82, 2.24) is 0 Å². The molecule has 0 bridgehead atoms. The molecule has 0 saturated carbocycles. The molecule has 0 fully saturated rings. The lowest BCUT2D eigenvalue weighted by Crippen LogP contribution is -2.36. The van der Waals surface area contributed by atoms with Gasteiger partial charge in [-0.3, -0.25) is 10.0 Å². The van der Waals surface area contributed by atoms with E-state index in [2.05, 4.69) is 144 Å². The Bertz CT molecular complexity index is 1480. The summed E-state index contributed by atoms with van der Waals surface area (Å²) in [6.07, 6.45) is 6.55. The van der Waals surface area contributed by atoms with Crippen molar-refractivity contribution < 1.29 is 0 Å². The second-order valence-electron chi connectivity index (χ2n) is 8.02. The lowest BCUT2D eigenvalue weighted by Gasteiger charge is -2.36. The first-order valence-electron chi connectivity index (χ1n) is 10.9. The topological polar surface area (TPSA) is 6.48 Å². The highest BCUT2D eigenvalue weighted by atomic mass is 15.6. The van der Waals surface area contributed by atoms with Gasteiger partial charge in [-0.1, -0.05) is 91.0 Å². The van der Waals surface area contributed by atoms with Crippen molar-refractivity contribution in [2.24, 2.45) is 0 Å². The third kappa shape index (κ3) is 3.32. The minimum absolute atomic E-state index is 1.12. The minimum atomic E-state index is 1.12. The third-order valence-corrected chi connectivity index (χ3v) is 5.99. The monoisotopic (exact) mass is 410 g/mol. The van der Waals surface area contributed by atoms with Gasteiger partial charge in [0.15, 0.2) is 0 Å². The summed E-state index contributed by atoms with van der Waals surface area (Å²) < 4.78 is 0. The van der Waals surface area contributed by atoms with Gasteiger partial charge in [-0.05, 0) is 57.4 Å². The summed E-state index contributed by atoms with van der Waals surface area (Å²) in [7, 11) is 0. The van der Waals surface area contributed by atoms with E-state index in [1.807, 2.05) is 0 Å². The fourth-order valence-electron chi connectivity index (χ4n) is 4.31. The minimum Gasteiger partial charge on any atom is -0.257 e. The molecule has 1 aliphatic heterocycles. The van der Waals surface area contributed by atoms with Crippen LogP contribution in [0, 0.1) is 0 Å². The summed E-state index contributed by atoms with van der Waals surface area (Å²) in [5.41, 5.74) is 4.62. The number of hydrogen-bond donors (Lipinski definition) is 0. The lowest BCUT2D eigenvalue weighted by atomic mass is 10.1. The Balaban J connectivity index is 1.49. The Kier molecular flexibility index (Phi) is 4.47. The van der Waals surface area contributed by atoms with E-state index < -0.39 is 0 Å². The second kappa shape index (κ2) is 7.75. The zero-order valence-electron chi connectivity index (χ0n) is 17.6. The van der Waals surface area contributed by atoms with Crippen LogP contribution in [0.4, 0.5) is 11.4 Å². The predicted octanol–water partition coefficient (Wildman–Crippen LogP) is 7.79. The summed E-state index contributed by atoms with van der Waals surface area (Å²) >= 11 is 0. The molecule has 1 aliphatic rings. The summed E-state index contributed by atoms with van der Waals surface area (Å²) in [5.74, 6) is 0. The van der Waals surface area contributed by atoms with E-state index in [1.54, 1.807) is 0 Å². The second-order valence-corrected chi connectivity index (χ2v) is 8.02. The van der Waals surface area contributed by atoms with Crippen LogP contribution in [0.2, 0.25) is 0 Å². The van der Waals surface area contributed by atoms with E-state index in [-0.39, 0.29) is 0 Å². The van der Waals surface area contributed by atoms with Crippen molar-refractivity contribution in [1.29, 1.82) is 0 Å². The zero-order valence-corrected chi connectivity index (χ0v) is 17.6. The van der Waals surface area contributed by atoms with Crippen LogP contribution in [-0.2, 0) is 0 Å². The van der Waals surface area contributed by atoms with Crippen LogP contribution in [-0.4, -0.2) is 0 Å². The number of anilines is 2. The standard InChI is InChI=1S/C30H22N2/c1-2-8-23(9-3-1)28-18-19-31(29-16-14-24-10-4-6-12-26(24)20-29)32(22-28)30-17-15-25-11-5-7-13-27(25)21-30/h1-22H. The molecule has 2 nitrogen and oxygen atoms in total. The highest BCUT2D eigenvalue weighted by Crippen LogP contribution is 2.33. The number of hydrazine groups is 1. The fourth-order valence-corrected chi connectivity index (χ4v) is 4.31. The van der Waals surface area contributed by atoms with E-state index in [0.29, 0.717) is 0 Å². The van der Waals surface area contributed by atoms with Crippen molar-refractivity contribution in [2.45, 2.75) is 0 Å². The van der Waals surface area contributed by atoms with E-state index in [9.17, 15) is 0 Å². The van der Waals surface area contributed by atoms with Crippen LogP contribution in [0.25, 0.3) is 27.1 Å². The molecule has 152 valence electrons. The van der Waals surface area contributed by atoms with Crippen molar-refractivity contribution in [2.75, 3.05) is 10.0 Å². The highest BCUT2D eigenvalue weighted by molar-refractivity contribution is 5.90. The molecule has 0 aliphatic carbocycles. The number of rotatable bonds is 3. The highest BCUT2D eigenvalue weighted by Gasteiger charge is 2.19. The smallest absolute Gasteiger partial charge is 0.0636 e. The summed E-state index contributed by atoms with van der Waals surface area (Å²) in [6, 6.07) is 40.8. The molecule has 0 aromatic heterocycles. The molecular weight excluding hydrogens is 388 g/mol. The maximum Gasteiger partial charge on any atom is 0.0636 e. The molecule has 0 saturated heterocycles. The predicted molar refractivity (Wildman–Crippen MR) is 136 cm³/mol. The largest absolute Gasteiger partial charge is 0.257 e. The fraction of sp³-hybridized carbons (Fsp3) is 0. The molecule has 0 unspecified atom stereocenters. The zero-order chi connectivity index (χ0) is 21.3.